The van der Waals surface area contributed by atoms with Crippen LogP contribution in [0, 0.1) is 12.7 Å². The van der Waals surface area contributed by atoms with Crippen molar-refractivity contribution in [1.29, 1.82) is 0 Å². The van der Waals surface area contributed by atoms with Gasteiger partial charge in [0, 0.05) is 31.5 Å². The monoisotopic (exact) mass is 465 g/mol. The quantitative estimate of drug-likeness (QED) is 0.477. The lowest BCUT2D eigenvalue weighted by atomic mass is 10.1. The molecule has 178 valence electrons. The third kappa shape index (κ3) is 4.62. The van der Waals surface area contributed by atoms with E-state index in [0.29, 0.717) is 33.9 Å². The number of carbonyl (C=O) groups excluding carboxylic acids is 1. The van der Waals surface area contributed by atoms with E-state index < -0.39 is 11.7 Å². The number of aromatic nitrogens is 4. The average Bonchev–Trinajstić information content (AvgIpc) is 3.48. The molecular formula is C24H28FN7O2. The van der Waals surface area contributed by atoms with Gasteiger partial charge in [-0.15, -0.1) is 0 Å². The lowest BCUT2D eigenvalue weighted by Gasteiger charge is -2.20. The summed E-state index contributed by atoms with van der Waals surface area (Å²) in [5.74, 6) is -0.598. The number of nitrogens with one attached hydrogen (secondary N) is 2. The van der Waals surface area contributed by atoms with Crippen molar-refractivity contribution >= 4 is 34.0 Å². The fourth-order valence-corrected chi connectivity index (χ4v) is 4.01. The number of pyridine rings is 1. The van der Waals surface area contributed by atoms with Gasteiger partial charge in [-0.2, -0.15) is 0 Å². The Hall–Kier alpha value is -3.79. The molecule has 0 atom stereocenters. The summed E-state index contributed by atoms with van der Waals surface area (Å²) in [6.07, 6.45) is 7.12. The van der Waals surface area contributed by atoms with Gasteiger partial charge in [-0.25, -0.2) is 19.3 Å². The highest BCUT2D eigenvalue weighted by atomic mass is 19.1. The van der Waals surface area contributed by atoms with E-state index in [0.717, 1.165) is 31.6 Å². The molecule has 5 rings (SSSR count). The molecule has 0 spiro atoms. The molecule has 0 aliphatic carbocycles. The number of carbonyl (C=O) groups is 1. The SMILES string of the molecule is CNC.COc1cnc2c(N3CCCC3)ccc(C(=O)Nc3cc(F)c4nc(C)cn4c3)c2n1. The van der Waals surface area contributed by atoms with Crippen LogP contribution in [0.25, 0.3) is 16.7 Å². The van der Waals surface area contributed by atoms with Crippen LogP contribution >= 0.6 is 0 Å². The first kappa shape index (κ1) is 23.4. The minimum absolute atomic E-state index is 0.214. The molecule has 0 unspecified atom stereocenters. The fraction of sp³-hybridized carbons (Fsp3) is 0.333. The predicted octanol–water partition coefficient (Wildman–Crippen LogP) is 3.42. The zero-order valence-corrected chi connectivity index (χ0v) is 19.7. The second-order valence-electron chi connectivity index (χ2n) is 8.08. The maximum absolute atomic E-state index is 14.4. The maximum Gasteiger partial charge on any atom is 0.257 e. The molecule has 4 heterocycles. The van der Waals surface area contributed by atoms with E-state index in [1.807, 2.05) is 20.2 Å². The van der Waals surface area contributed by atoms with Gasteiger partial charge in [0.15, 0.2) is 11.5 Å². The summed E-state index contributed by atoms with van der Waals surface area (Å²) in [7, 11) is 5.25. The number of aryl methyl sites for hydroxylation is 1. The summed E-state index contributed by atoms with van der Waals surface area (Å²) in [6, 6.07) is 4.88. The van der Waals surface area contributed by atoms with Gasteiger partial charge >= 0.3 is 0 Å². The van der Waals surface area contributed by atoms with Crippen LogP contribution in [-0.2, 0) is 0 Å². The Morgan fingerprint density at radius 1 is 1.12 bits per heavy atom. The summed E-state index contributed by atoms with van der Waals surface area (Å²) in [4.78, 5) is 28.5. The molecule has 1 amide bonds. The lowest BCUT2D eigenvalue weighted by molar-refractivity contribution is 0.102. The highest BCUT2D eigenvalue weighted by Gasteiger charge is 2.21. The van der Waals surface area contributed by atoms with Crippen molar-refractivity contribution in [2.45, 2.75) is 19.8 Å². The van der Waals surface area contributed by atoms with Gasteiger partial charge in [0.2, 0.25) is 5.88 Å². The van der Waals surface area contributed by atoms with Crippen LogP contribution in [-0.4, -0.2) is 59.6 Å². The number of benzene rings is 1. The minimum Gasteiger partial charge on any atom is -0.480 e. The van der Waals surface area contributed by atoms with E-state index in [4.69, 9.17) is 4.74 Å². The van der Waals surface area contributed by atoms with E-state index >= 15 is 0 Å². The van der Waals surface area contributed by atoms with E-state index in [1.54, 1.807) is 36.0 Å². The number of amides is 1. The molecule has 4 aromatic rings. The van der Waals surface area contributed by atoms with E-state index in [1.165, 1.54) is 13.2 Å². The third-order valence-electron chi connectivity index (χ3n) is 5.44. The van der Waals surface area contributed by atoms with Crippen molar-refractivity contribution in [2.75, 3.05) is 44.5 Å². The number of hydrogen-bond donors (Lipinski definition) is 2. The molecular weight excluding hydrogens is 437 g/mol. The number of rotatable bonds is 4. The first-order valence-electron chi connectivity index (χ1n) is 11.1. The second kappa shape index (κ2) is 10.0. The van der Waals surface area contributed by atoms with Crippen LogP contribution in [0.15, 0.2) is 36.8 Å². The fourth-order valence-electron chi connectivity index (χ4n) is 4.01. The Labute approximate surface area is 197 Å². The Morgan fingerprint density at radius 3 is 2.56 bits per heavy atom. The van der Waals surface area contributed by atoms with Gasteiger partial charge in [-0.05, 0) is 46.0 Å². The largest absolute Gasteiger partial charge is 0.480 e. The zero-order valence-electron chi connectivity index (χ0n) is 19.7. The Morgan fingerprint density at radius 2 is 1.85 bits per heavy atom. The van der Waals surface area contributed by atoms with Gasteiger partial charge in [-0.1, -0.05) is 0 Å². The number of hydrogen-bond acceptors (Lipinski definition) is 7. The van der Waals surface area contributed by atoms with E-state index in [9.17, 15) is 9.18 Å². The third-order valence-corrected chi connectivity index (χ3v) is 5.44. The molecule has 0 bridgehead atoms. The Bertz CT molecular complexity index is 1330. The first-order valence-corrected chi connectivity index (χ1v) is 11.1. The van der Waals surface area contributed by atoms with Gasteiger partial charge < -0.3 is 24.7 Å². The molecule has 1 aromatic carbocycles. The summed E-state index contributed by atoms with van der Waals surface area (Å²) >= 11 is 0. The van der Waals surface area contributed by atoms with Gasteiger partial charge in [-0.3, -0.25) is 4.79 Å². The zero-order chi connectivity index (χ0) is 24.2. The van der Waals surface area contributed by atoms with Crippen LogP contribution in [0.1, 0.15) is 28.9 Å². The molecule has 9 nitrogen and oxygen atoms in total. The van der Waals surface area contributed by atoms with Crippen molar-refractivity contribution in [3.05, 3.63) is 53.9 Å². The summed E-state index contributed by atoms with van der Waals surface area (Å²) in [5, 5.41) is 5.52. The van der Waals surface area contributed by atoms with Crippen LogP contribution in [0.5, 0.6) is 5.88 Å². The Balaban J connectivity index is 0.000000868. The van der Waals surface area contributed by atoms with Gasteiger partial charge in [0.25, 0.3) is 5.91 Å². The predicted molar refractivity (Wildman–Crippen MR) is 130 cm³/mol. The van der Waals surface area contributed by atoms with Crippen molar-refractivity contribution in [3.63, 3.8) is 0 Å². The number of imidazole rings is 1. The van der Waals surface area contributed by atoms with Crippen molar-refractivity contribution in [1.82, 2.24) is 24.7 Å². The first-order chi connectivity index (χ1) is 16.4. The molecule has 10 heteroatoms. The molecule has 0 radical (unpaired) electrons. The Kier molecular flexibility index (Phi) is 6.87. The summed E-state index contributed by atoms with van der Waals surface area (Å²) in [5.41, 5.74) is 3.59. The number of anilines is 2. The number of halogens is 1. The summed E-state index contributed by atoms with van der Waals surface area (Å²) < 4.78 is 21.2. The highest BCUT2D eigenvalue weighted by molar-refractivity contribution is 6.13. The van der Waals surface area contributed by atoms with Gasteiger partial charge in [0.05, 0.1) is 35.9 Å². The van der Waals surface area contributed by atoms with Crippen LogP contribution in [0.2, 0.25) is 0 Å². The number of nitrogens with zero attached hydrogens (tertiary/aromatic N) is 5. The van der Waals surface area contributed by atoms with E-state index in [-0.39, 0.29) is 5.65 Å². The summed E-state index contributed by atoms with van der Waals surface area (Å²) in [6.45, 7) is 3.67. The standard InChI is InChI=1S/C22H21FN6O2.C2H7N/c1-13-11-29-12-14(9-16(23)21(29)25-13)26-22(30)15-5-6-17(28-7-3-4-8-28)20-19(15)27-18(31-2)10-24-20;1-3-2/h5-6,9-12H,3-4,7-8H2,1-2H3,(H,26,30);3H,1-2H3. The van der Waals surface area contributed by atoms with Crippen LogP contribution < -0.4 is 20.3 Å². The molecule has 3 aromatic heterocycles. The van der Waals surface area contributed by atoms with Crippen molar-refractivity contribution < 1.29 is 13.9 Å². The van der Waals surface area contributed by atoms with Gasteiger partial charge in [0.1, 0.15) is 11.0 Å². The molecule has 1 saturated heterocycles. The molecule has 0 saturated carbocycles. The molecule has 1 aliphatic rings. The lowest BCUT2D eigenvalue weighted by Crippen LogP contribution is -2.20. The average molecular weight is 466 g/mol. The maximum atomic E-state index is 14.4. The van der Waals surface area contributed by atoms with Crippen LogP contribution in [0.4, 0.5) is 15.8 Å². The number of fused-ring (bicyclic) bond motifs is 2. The second-order valence-corrected chi connectivity index (χ2v) is 8.08. The van der Waals surface area contributed by atoms with Crippen LogP contribution in [0.3, 0.4) is 0 Å². The molecule has 34 heavy (non-hydrogen) atoms. The number of ether oxygens (including phenoxy) is 1. The molecule has 1 aliphatic heterocycles. The number of methoxy groups -OCH3 is 1. The van der Waals surface area contributed by atoms with E-state index in [2.05, 4.69) is 30.5 Å². The molecule has 2 N–H and O–H groups in total. The minimum atomic E-state index is -0.512. The van der Waals surface area contributed by atoms with Crippen molar-refractivity contribution in [2.24, 2.45) is 0 Å². The normalized spacial score (nSPS) is 13.1. The van der Waals surface area contributed by atoms with Crippen molar-refractivity contribution in [3.8, 4) is 5.88 Å². The highest BCUT2D eigenvalue weighted by Crippen LogP contribution is 2.31. The topological polar surface area (TPSA) is 96.7 Å². The molecule has 1 fully saturated rings. The smallest absolute Gasteiger partial charge is 0.257 e.